The van der Waals surface area contributed by atoms with Crippen LogP contribution in [-0.2, 0) is 4.79 Å². The van der Waals surface area contributed by atoms with Gasteiger partial charge in [0, 0.05) is 24.1 Å². The zero-order valence-corrected chi connectivity index (χ0v) is 16.1. The highest BCUT2D eigenvalue weighted by molar-refractivity contribution is 6.11. The van der Waals surface area contributed by atoms with E-state index in [1.54, 1.807) is 24.1 Å². The standard InChI is InChI=1S/C22H24N2O4/c1-14(25)23-21-17-9-5-6-10-18(17)22(26)24(21)15-11-12-19(27-2)20(13-15)28-16-7-3-4-8-16/h5-6,9-13,16,21H,3-4,7-8H2,1-2H3,(H,23,25). The summed E-state index contributed by atoms with van der Waals surface area (Å²) in [5.41, 5.74) is 2.04. The fraction of sp³-hybridized carbons (Fsp3) is 0.364. The van der Waals surface area contributed by atoms with Gasteiger partial charge in [-0.15, -0.1) is 0 Å². The first-order chi connectivity index (χ1) is 13.6. The normalized spacial score (nSPS) is 18.9. The summed E-state index contributed by atoms with van der Waals surface area (Å²) >= 11 is 0. The molecule has 1 N–H and O–H groups in total. The molecule has 28 heavy (non-hydrogen) atoms. The number of benzene rings is 2. The average molecular weight is 380 g/mol. The van der Waals surface area contributed by atoms with Gasteiger partial charge >= 0.3 is 0 Å². The van der Waals surface area contributed by atoms with Crippen LogP contribution in [0.2, 0.25) is 0 Å². The SMILES string of the molecule is COc1ccc(N2C(=O)c3ccccc3C2NC(C)=O)cc1OC1CCCC1. The van der Waals surface area contributed by atoms with E-state index in [1.165, 1.54) is 6.92 Å². The van der Waals surface area contributed by atoms with Crippen LogP contribution in [0.3, 0.4) is 0 Å². The zero-order chi connectivity index (χ0) is 19.7. The molecule has 2 amide bonds. The van der Waals surface area contributed by atoms with Crippen molar-refractivity contribution in [1.82, 2.24) is 5.32 Å². The van der Waals surface area contributed by atoms with Crippen LogP contribution in [0.15, 0.2) is 42.5 Å². The second-order valence-corrected chi connectivity index (χ2v) is 7.22. The van der Waals surface area contributed by atoms with E-state index in [4.69, 9.17) is 9.47 Å². The van der Waals surface area contributed by atoms with E-state index in [0.717, 1.165) is 31.2 Å². The second kappa shape index (κ2) is 7.54. The Morgan fingerprint density at radius 2 is 1.86 bits per heavy atom. The van der Waals surface area contributed by atoms with Gasteiger partial charge in [-0.25, -0.2) is 0 Å². The van der Waals surface area contributed by atoms with Gasteiger partial charge in [0.15, 0.2) is 11.5 Å². The number of nitrogens with zero attached hydrogens (tertiary/aromatic N) is 1. The van der Waals surface area contributed by atoms with Crippen LogP contribution in [0.4, 0.5) is 5.69 Å². The van der Waals surface area contributed by atoms with Gasteiger partial charge in [-0.1, -0.05) is 18.2 Å². The molecule has 1 fully saturated rings. The van der Waals surface area contributed by atoms with E-state index in [9.17, 15) is 9.59 Å². The molecule has 1 unspecified atom stereocenters. The minimum atomic E-state index is -0.547. The number of methoxy groups -OCH3 is 1. The lowest BCUT2D eigenvalue weighted by Crippen LogP contribution is -2.38. The van der Waals surface area contributed by atoms with Crippen molar-refractivity contribution in [2.24, 2.45) is 0 Å². The predicted octanol–water partition coefficient (Wildman–Crippen LogP) is 3.81. The number of rotatable bonds is 5. The average Bonchev–Trinajstić information content (AvgIpc) is 3.29. The molecular weight excluding hydrogens is 356 g/mol. The molecule has 1 aliphatic heterocycles. The van der Waals surface area contributed by atoms with Crippen molar-refractivity contribution < 1.29 is 19.1 Å². The predicted molar refractivity (Wildman–Crippen MR) is 106 cm³/mol. The van der Waals surface area contributed by atoms with Gasteiger partial charge in [-0.2, -0.15) is 0 Å². The summed E-state index contributed by atoms with van der Waals surface area (Å²) in [6, 6.07) is 12.8. The number of carbonyl (C=O) groups excluding carboxylic acids is 2. The molecule has 2 aliphatic rings. The van der Waals surface area contributed by atoms with Crippen LogP contribution in [0.1, 0.15) is 54.7 Å². The van der Waals surface area contributed by atoms with Gasteiger partial charge < -0.3 is 14.8 Å². The summed E-state index contributed by atoms with van der Waals surface area (Å²) in [5, 5.41) is 2.89. The number of amides is 2. The minimum Gasteiger partial charge on any atom is -0.493 e. The molecule has 0 aromatic heterocycles. The van der Waals surface area contributed by atoms with Crippen LogP contribution in [-0.4, -0.2) is 25.0 Å². The highest BCUT2D eigenvalue weighted by atomic mass is 16.5. The number of nitrogens with one attached hydrogen (secondary N) is 1. The molecule has 1 saturated carbocycles. The van der Waals surface area contributed by atoms with Crippen LogP contribution in [0, 0.1) is 0 Å². The molecule has 1 atom stereocenters. The van der Waals surface area contributed by atoms with Crippen molar-refractivity contribution in [2.45, 2.75) is 44.9 Å². The lowest BCUT2D eigenvalue weighted by atomic mass is 10.1. The third kappa shape index (κ3) is 3.30. The number of carbonyl (C=O) groups is 2. The molecule has 0 radical (unpaired) electrons. The Morgan fingerprint density at radius 1 is 1.11 bits per heavy atom. The Balaban J connectivity index is 1.72. The Kier molecular flexibility index (Phi) is 4.94. The maximum absolute atomic E-state index is 13.1. The van der Waals surface area contributed by atoms with Gasteiger partial charge in [0.05, 0.1) is 18.9 Å². The second-order valence-electron chi connectivity index (χ2n) is 7.22. The maximum atomic E-state index is 13.1. The van der Waals surface area contributed by atoms with Crippen molar-refractivity contribution >= 4 is 17.5 Å². The highest BCUT2D eigenvalue weighted by Gasteiger charge is 2.38. The lowest BCUT2D eigenvalue weighted by molar-refractivity contribution is -0.119. The van der Waals surface area contributed by atoms with Crippen molar-refractivity contribution in [3.05, 3.63) is 53.6 Å². The monoisotopic (exact) mass is 380 g/mol. The van der Waals surface area contributed by atoms with E-state index in [2.05, 4.69) is 5.32 Å². The number of hydrogen-bond acceptors (Lipinski definition) is 4. The van der Waals surface area contributed by atoms with Crippen LogP contribution in [0.25, 0.3) is 0 Å². The van der Waals surface area contributed by atoms with E-state index < -0.39 is 6.17 Å². The Hall–Kier alpha value is -3.02. The summed E-state index contributed by atoms with van der Waals surface area (Å²) in [6.45, 7) is 1.45. The third-order valence-electron chi connectivity index (χ3n) is 5.32. The molecule has 1 aliphatic carbocycles. The molecule has 2 aromatic rings. The van der Waals surface area contributed by atoms with Gasteiger partial charge in [0.2, 0.25) is 5.91 Å². The summed E-state index contributed by atoms with van der Waals surface area (Å²) in [7, 11) is 1.60. The number of fused-ring (bicyclic) bond motifs is 1. The number of anilines is 1. The van der Waals surface area contributed by atoms with Gasteiger partial charge in [0.1, 0.15) is 6.17 Å². The largest absolute Gasteiger partial charge is 0.493 e. The summed E-state index contributed by atoms with van der Waals surface area (Å²) in [4.78, 5) is 26.5. The molecule has 2 aromatic carbocycles. The van der Waals surface area contributed by atoms with E-state index in [1.807, 2.05) is 30.3 Å². The van der Waals surface area contributed by atoms with Gasteiger partial charge in [0.25, 0.3) is 5.91 Å². The fourth-order valence-corrected chi connectivity index (χ4v) is 4.01. The first-order valence-electron chi connectivity index (χ1n) is 9.63. The highest BCUT2D eigenvalue weighted by Crippen LogP contribution is 2.40. The molecule has 0 spiro atoms. The van der Waals surface area contributed by atoms with E-state index in [0.29, 0.717) is 22.7 Å². The Labute approximate surface area is 164 Å². The van der Waals surface area contributed by atoms with Crippen molar-refractivity contribution in [2.75, 3.05) is 12.0 Å². The first-order valence-corrected chi connectivity index (χ1v) is 9.63. The van der Waals surface area contributed by atoms with Gasteiger partial charge in [-0.05, 0) is 43.9 Å². The van der Waals surface area contributed by atoms with E-state index >= 15 is 0 Å². The molecule has 1 heterocycles. The number of hydrogen-bond donors (Lipinski definition) is 1. The van der Waals surface area contributed by atoms with Crippen molar-refractivity contribution in [3.8, 4) is 11.5 Å². The molecule has 146 valence electrons. The summed E-state index contributed by atoms with van der Waals surface area (Å²) < 4.78 is 11.6. The van der Waals surface area contributed by atoms with Crippen LogP contribution >= 0.6 is 0 Å². The first kappa shape index (κ1) is 18.3. The third-order valence-corrected chi connectivity index (χ3v) is 5.32. The van der Waals surface area contributed by atoms with Gasteiger partial charge in [-0.3, -0.25) is 14.5 Å². The quantitative estimate of drug-likeness (QED) is 0.856. The van der Waals surface area contributed by atoms with Crippen LogP contribution < -0.4 is 19.7 Å². The molecular formula is C22H24N2O4. The molecule has 6 nitrogen and oxygen atoms in total. The molecule has 6 heteroatoms. The lowest BCUT2D eigenvalue weighted by Gasteiger charge is -2.27. The van der Waals surface area contributed by atoms with Crippen molar-refractivity contribution in [1.29, 1.82) is 0 Å². The Morgan fingerprint density at radius 3 is 2.57 bits per heavy atom. The van der Waals surface area contributed by atoms with Crippen molar-refractivity contribution in [3.63, 3.8) is 0 Å². The fourth-order valence-electron chi connectivity index (χ4n) is 4.01. The smallest absolute Gasteiger partial charge is 0.260 e. The number of ether oxygens (including phenoxy) is 2. The summed E-state index contributed by atoms with van der Waals surface area (Å²) in [5.74, 6) is 0.912. The molecule has 4 rings (SSSR count). The van der Waals surface area contributed by atoms with E-state index in [-0.39, 0.29) is 17.9 Å². The zero-order valence-electron chi connectivity index (χ0n) is 16.1. The summed E-state index contributed by atoms with van der Waals surface area (Å²) in [6.07, 6.45) is 4.00. The maximum Gasteiger partial charge on any atom is 0.260 e. The molecule has 0 bridgehead atoms. The van der Waals surface area contributed by atoms with Crippen LogP contribution in [0.5, 0.6) is 11.5 Å². The molecule has 0 saturated heterocycles. The minimum absolute atomic E-state index is 0.147. The topological polar surface area (TPSA) is 67.9 Å². The Bertz CT molecular complexity index is 905.